The molecule has 2 heterocycles. The Balaban J connectivity index is 1.46. The summed E-state index contributed by atoms with van der Waals surface area (Å²) in [4.78, 5) is 16.2. The number of rotatable bonds is 4. The Labute approximate surface area is 154 Å². The van der Waals surface area contributed by atoms with Crippen LogP contribution in [0.3, 0.4) is 0 Å². The van der Waals surface area contributed by atoms with Gasteiger partial charge >= 0.3 is 0 Å². The number of amides is 1. The topological polar surface area (TPSA) is 85.3 Å². The number of anilines is 2. The molecule has 27 heavy (non-hydrogen) atoms. The zero-order valence-electron chi connectivity index (χ0n) is 14.3. The van der Waals surface area contributed by atoms with Crippen LogP contribution in [0, 0.1) is 5.82 Å². The van der Waals surface area contributed by atoms with Crippen molar-refractivity contribution in [2.24, 2.45) is 0 Å². The van der Waals surface area contributed by atoms with Gasteiger partial charge in [-0.25, -0.2) is 8.91 Å². The van der Waals surface area contributed by atoms with Crippen molar-refractivity contribution < 1.29 is 9.18 Å². The van der Waals surface area contributed by atoms with Crippen LogP contribution in [0.5, 0.6) is 0 Å². The molecule has 0 aliphatic rings. The number of nitrogen functional groups attached to an aromatic ring is 1. The highest BCUT2D eigenvalue weighted by molar-refractivity contribution is 5.92. The molecule has 4 aromatic rings. The maximum absolute atomic E-state index is 12.9. The van der Waals surface area contributed by atoms with Crippen molar-refractivity contribution in [3.63, 3.8) is 0 Å². The molecule has 4 rings (SSSR count). The van der Waals surface area contributed by atoms with E-state index in [0.29, 0.717) is 11.3 Å². The minimum Gasteiger partial charge on any atom is -0.366 e. The lowest BCUT2D eigenvalue weighted by atomic mass is 10.1. The van der Waals surface area contributed by atoms with Crippen LogP contribution in [0.1, 0.15) is 5.56 Å². The van der Waals surface area contributed by atoms with E-state index < -0.39 is 0 Å². The van der Waals surface area contributed by atoms with E-state index >= 15 is 0 Å². The molecule has 3 N–H and O–H groups in total. The molecule has 2 aromatic carbocycles. The molecule has 0 aliphatic heterocycles. The average molecular weight is 361 g/mol. The fraction of sp³-hybridized carbons (Fsp3) is 0.0500. The number of halogens is 1. The van der Waals surface area contributed by atoms with E-state index in [1.54, 1.807) is 16.6 Å². The highest BCUT2D eigenvalue weighted by Gasteiger charge is 2.06. The van der Waals surface area contributed by atoms with Crippen molar-refractivity contribution in [2.75, 3.05) is 11.1 Å². The number of fused-ring (bicyclic) bond motifs is 1. The fourth-order valence-electron chi connectivity index (χ4n) is 2.81. The predicted molar refractivity (Wildman–Crippen MR) is 102 cm³/mol. The Bertz CT molecular complexity index is 1100. The van der Waals surface area contributed by atoms with E-state index in [2.05, 4.69) is 15.4 Å². The molecule has 134 valence electrons. The maximum Gasteiger partial charge on any atom is 0.240 e. The molecular weight excluding hydrogens is 345 g/mol. The van der Waals surface area contributed by atoms with Crippen LogP contribution in [0.4, 0.5) is 16.0 Å². The third kappa shape index (κ3) is 3.77. The van der Waals surface area contributed by atoms with Crippen molar-refractivity contribution in [3.8, 4) is 11.1 Å². The summed E-state index contributed by atoms with van der Waals surface area (Å²) in [7, 11) is 0. The molecule has 0 saturated heterocycles. The quantitative estimate of drug-likeness (QED) is 0.584. The molecule has 0 radical (unpaired) electrons. The number of aromatic nitrogens is 3. The van der Waals surface area contributed by atoms with Gasteiger partial charge in [0.25, 0.3) is 0 Å². The number of nitrogens with zero attached hydrogens (tertiary/aromatic N) is 3. The number of hydrogen-bond donors (Lipinski definition) is 2. The Hall–Kier alpha value is -3.74. The monoisotopic (exact) mass is 361 g/mol. The molecule has 0 spiro atoms. The first-order chi connectivity index (χ1) is 13.1. The van der Waals surface area contributed by atoms with E-state index in [0.717, 1.165) is 16.7 Å². The van der Waals surface area contributed by atoms with E-state index in [9.17, 15) is 9.18 Å². The molecule has 0 bridgehead atoms. The van der Waals surface area contributed by atoms with Crippen LogP contribution in [0.15, 0.2) is 66.9 Å². The first kappa shape index (κ1) is 16.7. The summed E-state index contributed by atoms with van der Waals surface area (Å²) >= 11 is 0. The van der Waals surface area contributed by atoms with Crippen LogP contribution in [0.2, 0.25) is 0 Å². The fourth-order valence-corrected chi connectivity index (χ4v) is 2.81. The van der Waals surface area contributed by atoms with Gasteiger partial charge in [-0.3, -0.25) is 4.79 Å². The number of nitrogens with one attached hydrogen (secondary N) is 1. The van der Waals surface area contributed by atoms with Gasteiger partial charge in [0.1, 0.15) is 5.82 Å². The van der Waals surface area contributed by atoms with Gasteiger partial charge in [0.05, 0.1) is 6.42 Å². The molecule has 7 heteroatoms. The molecule has 0 atom stereocenters. The van der Waals surface area contributed by atoms with Crippen molar-refractivity contribution >= 4 is 23.2 Å². The molecule has 2 aromatic heterocycles. The van der Waals surface area contributed by atoms with Crippen molar-refractivity contribution in [1.82, 2.24) is 14.6 Å². The van der Waals surface area contributed by atoms with Gasteiger partial charge in [0.2, 0.25) is 11.9 Å². The number of benzene rings is 2. The minimum atomic E-state index is -0.318. The lowest BCUT2D eigenvalue weighted by Crippen LogP contribution is -2.14. The summed E-state index contributed by atoms with van der Waals surface area (Å²) < 4.78 is 14.5. The van der Waals surface area contributed by atoms with Gasteiger partial charge < -0.3 is 11.1 Å². The van der Waals surface area contributed by atoms with Crippen LogP contribution >= 0.6 is 0 Å². The Kier molecular flexibility index (Phi) is 4.25. The van der Waals surface area contributed by atoms with E-state index in [1.807, 2.05) is 42.6 Å². The van der Waals surface area contributed by atoms with E-state index in [-0.39, 0.29) is 24.1 Å². The highest BCUT2D eigenvalue weighted by Crippen LogP contribution is 2.22. The lowest BCUT2D eigenvalue weighted by Gasteiger charge is -2.07. The largest absolute Gasteiger partial charge is 0.366 e. The first-order valence-corrected chi connectivity index (χ1v) is 8.33. The van der Waals surface area contributed by atoms with Gasteiger partial charge in [0, 0.05) is 17.4 Å². The number of nitrogens with two attached hydrogens (primary N) is 1. The van der Waals surface area contributed by atoms with Crippen LogP contribution in [0.25, 0.3) is 16.8 Å². The summed E-state index contributed by atoms with van der Waals surface area (Å²) in [6.45, 7) is 0. The second kappa shape index (κ2) is 6.87. The van der Waals surface area contributed by atoms with Crippen molar-refractivity contribution in [2.45, 2.75) is 6.42 Å². The smallest absolute Gasteiger partial charge is 0.240 e. The Morgan fingerprint density at radius 3 is 2.44 bits per heavy atom. The molecule has 0 aliphatic carbocycles. The molecule has 0 saturated carbocycles. The molecule has 6 nitrogen and oxygen atoms in total. The Morgan fingerprint density at radius 1 is 1.00 bits per heavy atom. The maximum atomic E-state index is 12.9. The van der Waals surface area contributed by atoms with Gasteiger partial charge in [-0.15, -0.1) is 5.10 Å². The number of hydrogen-bond acceptors (Lipinski definition) is 4. The van der Waals surface area contributed by atoms with Gasteiger partial charge in [0.15, 0.2) is 5.65 Å². The normalized spacial score (nSPS) is 10.9. The summed E-state index contributed by atoms with van der Waals surface area (Å²) in [5, 5.41) is 6.94. The molecular formula is C20H16FN5O. The zero-order chi connectivity index (χ0) is 18.8. The minimum absolute atomic E-state index is 0.158. The van der Waals surface area contributed by atoms with Crippen LogP contribution in [-0.2, 0) is 11.2 Å². The predicted octanol–water partition coefficient (Wildman–Crippen LogP) is 3.30. The summed E-state index contributed by atoms with van der Waals surface area (Å²) in [6.07, 6.45) is 2.03. The molecule has 0 unspecified atom stereocenters. The van der Waals surface area contributed by atoms with E-state index in [1.165, 1.54) is 12.1 Å². The van der Waals surface area contributed by atoms with Crippen molar-refractivity contribution in [1.29, 1.82) is 0 Å². The third-order valence-electron chi connectivity index (χ3n) is 4.13. The molecule has 0 fully saturated rings. The van der Waals surface area contributed by atoms with Gasteiger partial charge in [-0.1, -0.05) is 24.3 Å². The standard InChI is InChI=1S/C20H16FN5O/c21-16-6-1-13(2-7-16)11-19(27)23-17-8-3-14(4-9-17)15-5-10-18-24-20(22)25-26(18)12-15/h1-10,12H,11H2,(H2,22,25)(H,23,27). The van der Waals surface area contributed by atoms with Gasteiger partial charge in [-0.05, 0) is 47.5 Å². The summed E-state index contributed by atoms with van der Waals surface area (Å²) in [5.74, 6) is -0.248. The zero-order valence-corrected chi connectivity index (χ0v) is 14.3. The summed E-state index contributed by atoms with van der Waals surface area (Å²) in [5.41, 5.74) is 9.66. The second-order valence-corrected chi connectivity index (χ2v) is 6.12. The van der Waals surface area contributed by atoms with E-state index in [4.69, 9.17) is 5.73 Å². The van der Waals surface area contributed by atoms with Crippen LogP contribution < -0.4 is 11.1 Å². The number of pyridine rings is 1. The first-order valence-electron chi connectivity index (χ1n) is 8.33. The van der Waals surface area contributed by atoms with Crippen LogP contribution in [-0.4, -0.2) is 20.5 Å². The SMILES string of the molecule is Nc1nc2ccc(-c3ccc(NC(=O)Cc4ccc(F)cc4)cc3)cn2n1. The third-order valence-corrected chi connectivity index (χ3v) is 4.13. The highest BCUT2D eigenvalue weighted by atomic mass is 19.1. The second-order valence-electron chi connectivity index (χ2n) is 6.12. The molecule has 1 amide bonds. The Morgan fingerprint density at radius 2 is 1.70 bits per heavy atom. The lowest BCUT2D eigenvalue weighted by molar-refractivity contribution is -0.115. The van der Waals surface area contributed by atoms with Crippen molar-refractivity contribution in [3.05, 3.63) is 78.2 Å². The number of carbonyl (C=O) groups excluding carboxylic acids is 1. The summed E-state index contributed by atoms with van der Waals surface area (Å²) in [6, 6.07) is 17.2. The van der Waals surface area contributed by atoms with Gasteiger partial charge in [-0.2, -0.15) is 4.98 Å². The average Bonchev–Trinajstić information content (AvgIpc) is 3.03. The number of carbonyl (C=O) groups is 1.